The summed E-state index contributed by atoms with van der Waals surface area (Å²) in [4.78, 5) is 0.389. The van der Waals surface area contributed by atoms with E-state index in [1.807, 2.05) is 19.1 Å². The van der Waals surface area contributed by atoms with Crippen LogP contribution in [0, 0.1) is 6.92 Å². The van der Waals surface area contributed by atoms with E-state index in [2.05, 4.69) is 11.0 Å². The van der Waals surface area contributed by atoms with Crippen LogP contribution in [-0.2, 0) is 10.0 Å². The van der Waals surface area contributed by atoms with Gasteiger partial charge in [-0.2, -0.15) is 11.8 Å². The summed E-state index contributed by atoms with van der Waals surface area (Å²) >= 11 is 1.77. The molecule has 1 saturated carbocycles. The van der Waals surface area contributed by atoms with E-state index < -0.39 is 10.0 Å². The van der Waals surface area contributed by atoms with Crippen LogP contribution < -0.4 is 4.72 Å². The number of hydrogen-bond donors (Lipinski definition) is 1. The Morgan fingerprint density at radius 2 is 2.00 bits per heavy atom. The van der Waals surface area contributed by atoms with Gasteiger partial charge in [-0.3, -0.25) is 0 Å². The Bertz CT molecular complexity index is 516. The third kappa shape index (κ3) is 2.73. The molecule has 1 aliphatic rings. The Morgan fingerprint density at radius 3 is 2.50 bits per heavy atom. The first-order valence-electron chi connectivity index (χ1n) is 6.10. The molecular weight excluding hydrogens is 266 g/mol. The first-order valence-corrected chi connectivity index (χ1v) is 8.80. The molecule has 0 bridgehead atoms. The molecule has 0 heterocycles. The summed E-state index contributed by atoms with van der Waals surface area (Å²) in [6.07, 6.45) is 5.46. The summed E-state index contributed by atoms with van der Waals surface area (Å²) in [5.74, 6) is 0. The van der Waals surface area contributed by atoms with Gasteiger partial charge in [-0.1, -0.05) is 24.6 Å². The maximum atomic E-state index is 12.2. The molecule has 1 aliphatic carbocycles. The minimum Gasteiger partial charge on any atom is -0.210 e. The second-order valence-electron chi connectivity index (χ2n) is 4.83. The van der Waals surface area contributed by atoms with E-state index in [-0.39, 0.29) is 4.75 Å². The maximum absolute atomic E-state index is 12.2. The number of hydrogen-bond acceptors (Lipinski definition) is 3. The van der Waals surface area contributed by atoms with E-state index in [4.69, 9.17) is 0 Å². The number of aryl methyl sites for hydroxylation is 1. The van der Waals surface area contributed by atoms with Gasteiger partial charge < -0.3 is 0 Å². The fraction of sp³-hybridized carbons (Fsp3) is 0.538. The summed E-state index contributed by atoms with van der Waals surface area (Å²) in [6.45, 7) is 2.35. The van der Waals surface area contributed by atoms with Crippen LogP contribution in [0.25, 0.3) is 0 Å². The highest BCUT2D eigenvalue weighted by Crippen LogP contribution is 2.42. The molecule has 0 radical (unpaired) electrons. The van der Waals surface area contributed by atoms with Crippen LogP contribution in [0.4, 0.5) is 0 Å². The summed E-state index contributed by atoms with van der Waals surface area (Å²) < 4.78 is 27.4. The predicted molar refractivity (Wildman–Crippen MR) is 76.5 cm³/mol. The highest BCUT2D eigenvalue weighted by molar-refractivity contribution is 8.00. The average molecular weight is 285 g/mol. The van der Waals surface area contributed by atoms with Crippen LogP contribution in [0.15, 0.2) is 29.2 Å². The average Bonchev–Trinajstić information content (AvgIpc) is 2.28. The Balaban J connectivity index is 2.11. The molecule has 3 nitrogen and oxygen atoms in total. The smallest absolute Gasteiger partial charge is 0.210 e. The van der Waals surface area contributed by atoms with Crippen molar-refractivity contribution in [1.29, 1.82) is 0 Å². The van der Waals surface area contributed by atoms with Gasteiger partial charge in [0, 0.05) is 11.3 Å². The second kappa shape index (κ2) is 5.23. The minimum atomic E-state index is -3.37. The van der Waals surface area contributed by atoms with E-state index in [1.165, 1.54) is 6.42 Å². The Hall–Kier alpha value is -0.520. The fourth-order valence-electron chi connectivity index (χ4n) is 2.19. The van der Waals surface area contributed by atoms with E-state index in [9.17, 15) is 8.42 Å². The maximum Gasteiger partial charge on any atom is 0.240 e. The van der Waals surface area contributed by atoms with Gasteiger partial charge in [0.15, 0.2) is 0 Å². The summed E-state index contributed by atoms with van der Waals surface area (Å²) in [7, 11) is -3.37. The van der Waals surface area contributed by atoms with Crippen molar-refractivity contribution in [2.75, 3.05) is 12.8 Å². The molecule has 0 saturated heterocycles. The molecule has 18 heavy (non-hydrogen) atoms. The van der Waals surface area contributed by atoms with Crippen LogP contribution in [0.2, 0.25) is 0 Å². The monoisotopic (exact) mass is 285 g/mol. The molecule has 0 aliphatic heterocycles. The first-order chi connectivity index (χ1) is 8.49. The van der Waals surface area contributed by atoms with E-state index in [0.717, 1.165) is 18.4 Å². The fourth-order valence-corrected chi connectivity index (χ4v) is 4.56. The standard InChI is InChI=1S/C13H19NO2S2/c1-11-6-3-4-7-12(11)18(15,16)14-10-13(17-2)8-5-9-13/h3-4,6-7,14H,5,8-10H2,1-2H3. The van der Waals surface area contributed by atoms with Crippen LogP contribution in [-0.4, -0.2) is 26.0 Å². The highest BCUT2D eigenvalue weighted by Gasteiger charge is 2.37. The summed E-state index contributed by atoms with van der Waals surface area (Å²) in [5.41, 5.74) is 0.789. The Kier molecular flexibility index (Phi) is 4.04. The lowest BCUT2D eigenvalue weighted by Gasteiger charge is -2.40. The number of benzene rings is 1. The zero-order valence-electron chi connectivity index (χ0n) is 10.8. The van der Waals surface area contributed by atoms with Crippen molar-refractivity contribution in [3.05, 3.63) is 29.8 Å². The molecule has 0 unspecified atom stereocenters. The molecule has 1 aromatic carbocycles. The topological polar surface area (TPSA) is 46.2 Å². The van der Waals surface area contributed by atoms with Crippen molar-refractivity contribution in [2.24, 2.45) is 0 Å². The zero-order valence-corrected chi connectivity index (χ0v) is 12.4. The van der Waals surface area contributed by atoms with Gasteiger partial charge in [0.2, 0.25) is 10.0 Å². The molecule has 0 amide bonds. The molecule has 0 atom stereocenters. The van der Waals surface area contributed by atoms with E-state index in [1.54, 1.807) is 23.9 Å². The van der Waals surface area contributed by atoms with Crippen molar-refractivity contribution < 1.29 is 8.42 Å². The molecule has 100 valence electrons. The molecule has 5 heteroatoms. The first kappa shape index (κ1) is 13.9. The van der Waals surface area contributed by atoms with Crippen LogP contribution in [0.1, 0.15) is 24.8 Å². The third-order valence-electron chi connectivity index (χ3n) is 3.67. The second-order valence-corrected chi connectivity index (χ2v) is 7.84. The van der Waals surface area contributed by atoms with Gasteiger partial charge in [-0.05, 0) is 37.7 Å². The number of rotatable bonds is 5. The molecule has 0 aromatic heterocycles. The van der Waals surface area contributed by atoms with E-state index in [0.29, 0.717) is 11.4 Å². The molecular formula is C13H19NO2S2. The quantitative estimate of drug-likeness (QED) is 0.904. The number of thioether (sulfide) groups is 1. The van der Waals surface area contributed by atoms with Crippen molar-refractivity contribution in [2.45, 2.75) is 35.8 Å². The zero-order chi connectivity index (χ0) is 13.2. The van der Waals surface area contributed by atoms with Crippen LogP contribution in [0.3, 0.4) is 0 Å². The van der Waals surface area contributed by atoms with Crippen LogP contribution in [0.5, 0.6) is 0 Å². The van der Waals surface area contributed by atoms with Crippen molar-refractivity contribution in [1.82, 2.24) is 4.72 Å². The summed E-state index contributed by atoms with van der Waals surface area (Å²) in [5, 5.41) is 0. The Labute approximate surface area is 113 Å². The normalized spacial score (nSPS) is 18.3. The van der Waals surface area contributed by atoms with Crippen molar-refractivity contribution in [3.63, 3.8) is 0 Å². The lowest BCUT2D eigenvalue weighted by atomic mass is 9.84. The number of nitrogens with one attached hydrogen (secondary N) is 1. The molecule has 1 N–H and O–H groups in total. The minimum absolute atomic E-state index is 0.121. The molecule has 1 aromatic rings. The van der Waals surface area contributed by atoms with Gasteiger partial charge in [0.05, 0.1) is 4.90 Å². The van der Waals surface area contributed by atoms with E-state index >= 15 is 0 Å². The molecule has 2 rings (SSSR count). The SMILES string of the molecule is CSC1(CNS(=O)(=O)c2ccccc2C)CCC1. The van der Waals surface area contributed by atoms with Gasteiger partial charge in [0.1, 0.15) is 0 Å². The van der Waals surface area contributed by atoms with Crippen molar-refractivity contribution >= 4 is 21.8 Å². The van der Waals surface area contributed by atoms with Gasteiger partial charge in [-0.15, -0.1) is 0 Å². The highest BCUT2D eigenvalue weighted by atomic mass is 32.2. The van der Waals surface area contributed by atoms with Gasteiger partial charge >= 0.3 is 0 Å². The van der Waals surface area contributed by atoms with Gasteiger partial charge in [-0.25, -0.2) is 13.1 Å². The van der Waals surface area contributed by atoms with Gasteiger partial charge in [0.25, 0.3) is 0 Å². The van der Waals surface area contributed by atoms with Crippen molar-refractivity contribution in [3.8, 4) is 0 Å². The lowest BCUT2D eigenvalue weighted by Crippen LogP contribution is -2.45. The molecule has 0 spiro atoms. The van der Waals surface area contributed by atoms with Crippen LogP contribution >= 0.6 is 11.8 Å². The summed E-state index contributed by atoms with van der Waals surface area (Å²) in [6, 6.07) is 7.09. The largest absolute Gasteiger partial charge is 0.240 e. The number of sulfonamides is 1. The lowest BCUT2D eigenvalue weighted by molar-refractivity contribution is 0.362. The third-order valence-corrected chi connectivity index (χ3v) is 6.65. The molecule has 1 fully saturated rings. The predicted octanol–water partition coefficient (Wildman–Crippen LogP) is 2.56. The Morgan fingerprint density at radius 1 is 1.33 bits per heavy atom.